The summed E-state index contributed by atoms with van der Waals surface area (Å²) in [5.41, 5.74) is 2.91. The van der Waals surface area contributed by atoms with E-state index in [2.05, 4.69) is 20.6 Å². The zero-order valence-corrected chi connectivity index (χ0v) is 16.1. The molecule has 0 amide bonds. The van der Waals surface area contributed by atoms with Gasteiger partial charge in [0.05, 0.1) is 23.3 Å². The second-order valence-electron chi connectivity index (χ2n) is 6.21. The third kappa shape index (κ3) is 4.13. The summed E-state index contributed by atoms with van der Waals surface area (Å²) < 4.78 is 4.76. The van der Waals surface area contributed by atoms with Gasteiger partial charge in [0.2, 0.25) is 11.6 Å². The molecule has 2 N–H and O–H groups in total. The number of aryl methyl sites for hydroxylation is 1. The predicted octanol–water partition coefficient (Wildman–Crippen LogP) is 4.28. The van der Waals surface area contributed by atoms with Crippen LogP contribution in [0.15, 0.2) is 48.8 Å². The molecule has 0 aliphatic heterocycles. The van der Waals surface area contributed by atoms with Crippen LogP contribution in [0.4, 0.5) is 28.7 Å². The number of nitrogens with one attached hydrogen (secondary N) is 2. The number of hydrogen-bond donors (Lipinski definition) is 2. The highest BCUT2D eigenvalue weighted by atomic mass is 16.6. The number of carbonyl (C=O) groups excluding carboxylic acids is 1. The van der Waals surface area contributed by atoms with E-state index in [-0.39, 0.29) is 22.9 Å². The molecule has 148 valence electrons. The van der Waals surface area contributed by atoms with Gasteiger partial charge in [-0.3, -0.25) is 10.1 Å². The van der Waals surface area contributed by atoms with Gasteiger partial charge in [-0.2, -0.15) is 0 Å². The van der Waals surface area contributed by atoms with E-state index < -0.39 is 10.9 Å². The Hall–Kier alpha value is -4.01. The SMILES string of the molecule is COC(=O)c1ccccc1Nc1ncnc(Nc2cccc(C)c2C)c1[N+](=O)[O-]. The molecule has 1 heterocycles. The van der Waals surface area contributed by atoms with Gasteiger partial charge >= 0.3 is 11.7 Å². The zero-order chi connectivity index (χ0) is 21.0. The topological polar surface area (TPSA) is 119 Å². The van der Waals surface area contributed by atoms with Crippen LogP contribution >= 0.6 is 0 Å². The Bertz CT molecular complexity index is 1080. The van der Waals surface area contributed by atoms with Gasteiger partial charge in [0, 0.05) is 5.69 Å². The first kappa shape index (κ1) is 19.7. The van der Waals surface area contributed by atoms with Crippen LogP contribution in [0.25, 0.3) is 0 Å². The lowest BCUT2D eigenvalue weighted by atomic mass is 10.1. The Morgan fingerprint density at radius 3 is 2.28 bits per heavy atom. The average Bonchev–Trinajstić information content (AvgIpc) is 2.71. The van der Waals surface area contributed by atoms with Gasteiger partial charge in [0.1, 0.15) is 6.33 Å². The fourth-order valence-electron chi connectivity index (χ4n) is 2.76. The number of esters is 1. The largest absolute Gasteiger partial charge is 0.465 e. The van der Waals surface area contributed by atoms with E-state index in [0.29, 0.717) is 11.4 Å². The average molecular weight is 393 g/mol. The molecular formula is C20H19N5O4. The molecule has 0 radical (unpaired) electrons. The van der Waals surface area contributed by atoms with E-state index in [4.69, 9.17) is 4.74 Å². The number of hydrogen-bond acceptors (Lipinski definition) is 8. The van der Waals surface area contributed by atoms with Crippen LogP contribution in [0.3, 0.4) is 0 Å². The van der Waals surface area contributed by atoms with E-state index in [1.807, 2.05) is 32.0 Å². The lowest BCUT2D eigenvalue weighted by Gasteiger charge is -2.13. The molecule has 0 saturated carbocycles. The quantitative estimate of drug-likeness (QED) is 0.362. The molecule has 3 aromatic rings. The van der Waals surface area contributed by atoms with Crippen LogP contribution in [-0.2, 0) is 4.74 Å². The summed E-state index contributed by atoms with van der Waals surface area (Å²) in [4.78, 5) is 31.3. The van der Waals surface area contributed by atoms with Gasteiger partial charge in [0.15, 0.2) is 0 Å². The fraction of sp³-hybridized carbons (Fsp3) is 0.150. The van der Waals surface area contributed by atoms with E-state index in [9.17, 15) is 14.9 Å². The highest BCUT2D eigenvalue weighted by Crippen LogP contribution is 2.34. The highest BCUT2D eigenvalue weighted by Gasteiger charge is 2.25. The summed E-state index contributed by atoms with van der Waals surface area (Å²) in [5, 5.41) is 17.7. The second-order valence-corrected chi connectivity index (χ2v) is 6.21. The van der Waals surface area contributed by atoms with Crippen molar-refractivity contribution in [2.75, 3.05) is 17.7 Å². The molecule has 2 aromatic carbocycles. The molecule has 29 heavy (non-hydrogen) atoms. The first-order valence-electron chi connectivity index (χ1n) is 8.69. The number of carbonyl (C=O) groups is 1. The number of nitro groups is 1. The first-order chi connectivity index (χ1) is 13.9. The second kappa shape index (κ2) is 8.34. The maximum absolute atomic E-state index is 12.0. The van der Waals surface area contributed by atoms with Crippen molar-refractivity contribution in [3.05, 3.63) is 75.6 Å². The van der Waals surface area contributed by atoms with E-state index in [1.54, 1.807) is 24.3 Å². The third-order valence-corrected chi connectivity index (χ3v) is 4.45. The van der Waals surface area contributed by atoms with Crippen LogP contribution in [0.1, 0.15) is 21.5 Å². The van der Waals surface area contributed by atoms with Crippen LogP contribution in [0.2, 0.25) is 0 Å². The lowest BCUT2D eigenvalue weighted by molar-refractivity contribution is -0.383. The summed E-state index contributed by atoms with van der Waals surface area (Å²) in [6.45, 7) is 3.86. The van der Waals surface area contributed by atoms with E-state index in [1.165, 1.54) is 13.4 Å². The minimum Gasteiger partial charge on any atom is -0.465 e. The monoisotopic (exact) mass is 393 g/mol. The number of para-hydroxylation sites is 1. The predicted molar refractivity (Wildman–Crippen MR) is 109 cm³/mol. The molecule has 9 heteroatoms. The molecule has 3 rings (SSSR count). The molecule has 0 atom stereocenters. The Kier molecular flexibility index (Phi) is 5.68. The Morgan fingerprint density at radius 1 is 1.00 bits per heavy atom. The first-order valence-corrected chi connectivity index (χ1v) is 8.69. The van der Waals surface area contributed by atoms with Crippen molar-refractivity contribution in [3.63, 3.8) is 0 Å². The Labute approximate surface area is 166 Å². The number of aromatic nitrogens is 2. The molecule has 0 bridgehead atoms. The summed E-state index contributed by atoms with van der Waals surface area (Å²) in [7, 11) is 1.26. The summed E-state index contributed by atoms with van der Waals surface area (Å²) in [6, 6.07) is 12.1. The number of benzene rings is 2. The Balaban J connectivity index is 2.04. The minimum absolute atomic E-state index is 0.0387. The molecule has 0 aliphatic rings. The lowest BCUT2D eigenvalue weighted by Crippen LogP contribution is -2.09. The molecule has 0 fully saturated rings. The number of anilines is 4. The van der Waals surface area contributed by atoms with Crippen molar-refractivity contribution in [3.8, 4) is 0 Å². The summed E-state index contributed by atoms with van der Waals surface area (Å²) in [6.07, 6.45) is 1.21. The summed E-state index contributed by atoms with van der Waals surface area (Å²) >= 11 is 0. The number of rotatable bonds is 6. The standard InChI is InChI=1S/C20H19N5O4/c1-12-7-6-10-15(13(12)2)23-18-17(25(27)28)19(22-11-21-18)24-16-9-5-4-8-14(16)20(26)29-3/h4-11H,1-3H3,(H2,21,22,23,24). The van der Waals surface area contributed by atoms with Gasteiger partial charge < -0.3 is 15.4 Å². The van der Waals surface area contributed by atoms with E-state index in [0.717, 1.165) is 11.1 Å². The minimum atomic E-state index is -0.573. The van der Waals surface area contributed by atoms with Gasteiger partial charge in [0.25, 0.3) is 0 Å². The number of methoxy groups -OCH3 is 1. The van der Waals surface area contributed by atoms with Crippen LogP contribution in [0.5, 0.6) is 0 Å². The molecule has 0 spiro atoms. The highest BCUT2D eigenvalue weighted by molar-refractivity contribution is 5.96. The molecular weight excluding hydrogens is 374 g/mol. The maximum Gasteiger partial charge on any atom is 0.353 e. The third-order valence-electron chi connectivity index (χ3n) is 4.45. The van der Waals surface area contributed by atoms with Gasteiger partial charge in [-0.05, 0) is 43.2 Å². The normalized spacial score (nSPS) is 10.3. The molecule has 0 saturated heterocycles. The number of nitrogens with zero attached hydrogens (tertiary/aromatic N) is 3. The molecule has 0 aliphatic carbocycles. The fourth-order valence-corrected chi connectivity index (χ4v) is 2.76. The van der Waals surface area contributed by atoms with Crippen molar-refractivity contribution in [1.82, 2.24) is 9.97 Å². The molecule has 9 nitrogen and oxygen atoms in total. The van der Waals surface area contributed by atoms with Crippen LogP contribution < -0.4 is 10.6 Å². The zero-order valence-electron chi connectivity index (χ0n) is 16.1. The Morgan fingerprint density at radius 2 is 1.62 bits per heavy atom. The van der Waals surface area contributed by atoms with Crippen LogP contribution in [-0.4, -0.2) is 28.0 Å². The van der Waals surface area contributed by atoms with Crippen molar-refractivity contribution in [2.24, 2.45) is 0 Å². The van der Waals surface area contributed by atoms with Crippen molar-refractivity contribution < 1.29 is 14.5 Å². The maximum atomic E-state index is 12.0. The van der Waals surface area contributed by atoms with Crippen LogP contribution in [0, 0.1) is 24.0 Å². The van der Waals surface area contributed by atoms with Gasteiger partial charge in [-0.1, -0.05) is 24.3 Å². The van der Waals surface area contributed by atoms with Crippen molar-refractivity contribution >= 4 is 34.7 Å². The van der Waals surface area contributed by atoms with E-state index >= 15 is 0 Å². The number of ether oxygens (including phenoxy) is 1. The van der Waals surface area contributed by atoms with Crippen molar-refractivity contribution in [2.45, 2.75) is 13.8 Å². The van der Waals surface area contributed by atoms with Gasteiger partial charge in [-0.15, -0.1) is 0 Å². The van der Waals surface area contributed by atoms with Crippen molar-refractivity contribution in [1.29, 1.82) is 0 Å². The smallest absolute Gasteiger partial charge is 0.353 e. The molecule has 0 unspecified atom stereocenters. The molecule has 1 aromatic heterocycles. The van der Waals surface area contributed by atoms with Gasteiger partial charge in [-0.25, -0.2) is 14.8 Å². The summed E-state index contributed by atoms with van der Waals surface area (Å²) in [5.74, 6) is -0.579.